The van der Waals surface area contributed by atoms with Crippen LogP contribution >= 0.6 is 11.8 Å². The number of hydrogen-bond donors (Lipinski definition) is 2. The van der Waals surface area contributed by atoms with Gasteiger partial charge in [0.1, 0.15) is 5.76 Å². The van der Waals surface area contributed by atoms with Crippen LogP contribution in [0, 0.1) is 6.92 Å². The SMILES string of the molecule is CC(C=NNC(=O)c1nnn(-c2nonc2N)c1CSc1ccc(C)cc1)=Cc1ccco1. The molecule has 33 heavy (non-hydrogen) atoms. The first kappa shape index (κ1) is 22.0. The zero-order chi connectivity index (χ0) is 23.2. The monoisotopic (exact) mass is 464 g/mol. The Morgan fingerprint density at radius 3 is 2.79 bits per heavy atom. The van der Waals surface area contributed by atoms with Crippen LogP contribution in [0.4, 0.5) is 5.82 Å². The van der Waals surface area contributed by atoms with E-state index in [4.69, 9.17) is 10.2 Å². The number of nitrogens with two attached hydrogens (primary N) is 1. The van der Waals surface area contributed by atoms with Crippen molar-refractivity contribution >= 4 is 35.8 Å². The van der Waals surface area contributed by atoms with Gasteiger partial charge in [0, 0.05) is 10.6 Å². The lowest BCUT2D eigenvalue weighted by molar-refractivity contribution is 0.0949. The Morgan fingerprint density at radius 1 is 1.27 bits per heavy atom. The van der Waals surface area contributed by atoms with Gasteiger partial charge in [-0.2, -0.15) is 9.78 Å². The number of hydrazone groups is 1. The summed E-state index contributed by atoms with van der Waals surface area (Å²) < 4.78 is 11.3. The van der Waals surface area contributed by atoms with E-state index in [0.29, 0.717) is 17.2 Å². The van der Waals surface area contributed by atoms with E-state index in [2.05, 4.69) is 35.8 Å². The predicted molar refractivity (Wildman–Crippen MR) is 123 cm³/mol. The Labute approximate surface area is 192 Å². The fraction of sp³-hybridized carbons (Fsp3) is 0.143. The van der Waals surface area contributed by atoms with E-state index in [1.807, 2.05) is 44.2 Å². The Kier molecular flexibility index (Phi) is 6.64. The number of nitrogens with one attached hydrogen (secondary N) is 1. The topological polar surface area (TPSA) is 150 Å². The summed E-state index contributed by atoms with van der Waals surface area (Å²) in [5.41, 5.74) is 10.8. The number of aromatic nitrogens is 5. The van der Waals surface area contributed by atoms with Gasteiger partial charge in [-0.05, 0) is 60.1 Å². The average molecular weight is 465 g/mol. The van der Waals surface area contributed by atoms with Crippen LogP contribution < -0.4 is 11.2 Å². The lowest BCUT2D eigenvalue weighted by atomic mass is 10.2. The molecule has 3 heterocycles. The fourth-order valence-corrected chi connectivity index (χ4v) is 3.67. The summed E-state index contributed by atoms with van der Waals surface area (Å²) in [4.78, 5) is 13.8. The maximum absolute atomic E-state index is 12.8. The average Bonchev–Trinajstić information content (AvgIpc) is 3.54. The van der Waals surface area contributed by atoms with Crippen LogP contribution in [0.5, 0.6) is 0 Å². The summed E-state index contributed by atoms with van der Waals surface area (Å²) in [6.07, 6.45) is 4.87. The van der Waals surface area contributed by atoms with Gasteiger partial charge in [0.05, 0.1) is 18.2 Å². The Morgan fingerprint density at radius 2 is 2.09 bits per heavy atom. The highest BCUT2D eigenvalue weighted by Crippen LogP contribution is 2.26. The van der Waals surface area contributed by atoms with Gasteiger partial charge in [0.2, 0.25) is 11.6 Å². The largest absolute Gasteiger partial charge is 0.465 e. The van der Waals surface area contributed by atoms with Gasteiger partial charge in [0.15, 0.2) is 5.69 Å². The van der Waals surface area contributed by atoms with E-state index >= 15 is 0 Å². The number of carbonyl (C=O) groups is 1. The molecule has 0 aliphatic carbocycles. The quantitative estimate of drug-likeness (QED) is 0.227. The zero-order valence-corrected chi connectivity index (χ0v) is 18.6. The molecule has 3 aromatic heterocycles. The number of hydrogen-bond acceptors (Lipinski definition) is 10. The molecule has 0 saturated heterocycles. The van der Waals surface area contributed by atoms with Crippen molar-refractivity contribution in [3.63, 3.8) is 0 Å². The minimum absolute atomic E-state index is 0.0325. The molecule has 0 saturated carbocycles. The second kappa shape index (κ2) is 9.96. The van der Waals surface area contributed by atoms with Crippen LogP contribution in [-0.4, -0.2) is 37.4 Å². The third kappa shape index (κ3) is 5.36. The third-order valence-electron chi connectivity index (χ3n) is 4.42. The van der Waals surface area contributed by atoms with Crippen LogP contribution in [0.25, 0.3) is 11.9 Å². The normalized spacial score (nSPS) is 11.9. The molecule has 4 rings (SSSR count). The summed E-state index contributed by atoms with van der Waals surface area (Å²) >= 11 is 1.51. The van der Waals surface area contributed by atoms with Gasteiger partial charge >= 0.3 is 0 Å². The van der Waals surface area contributed by atoms with Crippen LogP contribution in [-0.2, 0) is 5.75 Å². The van der Waals surface area contributed by atoms with Gasteiger partial charge < -0.3 is 10.2 Å². The van der Waals surface area contributed by atoms with E-state index < -0.39 is 5.91 Å². The molecule has 0 unspecified atom stereocenters. The molecule has 0 bridgehead atoms. The molecular weight excluding hydrogens is 444 g/mol. The first-order chi connectivity index (χ1) is 16.0. The van der Waals surface area contributed by atoms with Crippen molar-refractivity contribution in [2.45, 2.75) is 24.5 Å². The third-order valence-corrected chi connectivity index (χ3v) is 5.44. The number of furan rings is 1. The molecule has 1 aromatic carbocycles. The minimum Gasteiger partial charge on any atom is -0.465 e. The van der Waals surface area contributed by atoms with Gasteiger partial charge in [-0.15, -0.1) is 16.9 Å². The lowest BCUT2D eigenvalue weighted by Crippen LogP contribution is -2.20. The molecule has 0 radical (unpaired) electrons. The van der Waals surface area contributed by atoms with Crippen LogP contribution in [0.15, 0.2) is 67.3 Å². The number of amides is 1. The van der Waals surface area contributed by atoms with Crippen molar-refractivity contribution in [2.24, 2.45) is 5.10 Å². The molecule has 0 aliphatic rings. The van der Waals surface area contributed by atoms with Crippen molar-refractivity contribution in [2.75, 3.05) is 5.73 Å². The molecule has 0 spiro atoms. The highest BCUT2D eigenvalue weighted by atomic mass is 32.2. The number of carbonyl (C=O) groups excluding carboxylic acids is 1. The molecule has 0 aliphatic heterocycles. The molecule has 4 aromatic rings. The van der Waals surface area contributed by atoms with E-state index in [1.165, 1.54) is 22.7 Å². The standard InChI is InChI=1S/C21H20N8O3S/c1-13-5-7-16(8-6-13)33-12-17-18(24-28-29(17)20-19(22)26-32-27-20)21(30)25-23-11-14(2)10-15-4-3-9-31-15/h3-11H,12H2,1-2H3,(H2,22,26)(H,25,30). The van der Waals surface area contributed by atoms with E-state index in [-0.39, 0.29) is 17.3 Å². The molecule has 1 amide bonds. The minimum atomic E-state index is -0.530. The summed E-state index contributed by atoms with van der Waals surface area (Å²) in [5, 5.41) is 19.4. The van der Waals surface area contributed by atoms with E-state index in [9.17, 15) is 4.79 Å². The first-order valence-electron chi connectivity index (χ1n) is 9.79. The number of anilines is 1. The number of nitrogen functional groups attached to an aromatic ring is 1. The van der Waals surface area contributed by atoms with E-state index in [0.717, 1.165) is 16.0 Å². The maximum Gasteiger partial charge on any atom is 0.293 e. The Hall–Kier alpha value is -4.19. The van der Waals surface area contributed by atoms with Crippen molar-refractivity contribution in [1.82, 2.24) is 30.7 Å². The van der Waals surface area contributed by atoms with Crippen LogP contribution in [0.1, 0.15) is 34.4 Å². The predicted octanol–water partition coefficient (Wildman–Crippen LogP) is 3.25. The molecule has 168 valence electrons. The highest BCUT2D eigenvalue weighted by molar-refractivity contribution is 7.98. The van der Waals surface area contributed by atoms with Crippen molar-refractivity contribution in [3.05, 3.63) is 70.9 Å². The van der Waals surface area contributed by atoms with Crippen LogP contribution in [0.3, 0.4) is 0 Å². The summed E-state index contributed by atoms with van der Waals surface area (Å²) in [7, 11) is 0. The second-order valence-electron chi connectivity index (χ2n) is 6.97. The molecule has 12 heteroatoms. The first-order valence-corrected chi connectivity index (χ1v) is 10.8. The molecule has 11 nitrogen and oxygen atoms in total. The molecule has 3 N–H and O–H groups in total. The summed E-state index contributed by atoms with van der Waals surface area (Å²) in [6.45, 7) is 3.85. The van der Waals surface area contributed by atoms with E-state index in [1.54, 1.807) is 18.4 Å². The number of rotatable bonds is 8. The van der Waals surface area contributed by atoms with Gasteiger partial charge in [-0.25, -0.2) is 10.1 Å². The van der Waals surface area contributed by atoms with Gasteiger partial charge in [-0.1, -0.05) is 22.9 Å². The lowest BCUT2D eigenvalue weighted by Gasteiger charge is -2.06. The fourth-order valence-electron chi connectivity index (χ4n) is 2.78. The second-order valence-corrected chi connectivity index (χ2v) is 8.02. The highest BCUT2D eigenvalue weighted by Gasteiger charge is 2.24. The van der Waals surface area contributed by atoms with Gasteiger partial charge in [0.25, 0.3) is 5.91 Å². The number of aryl methyl sites for hydroxylation is 1. The Balaban J connectivity index is 1.54. The number of thioether (sulfide) groups is 1. The molecular formula is C21H20N8O3S. The maximum atomic E-state index is 12.8. The number of nitrogens with zero attached hydrogens (tertiary/aromatic N) is 6. The summed E-state index contributed by atoms with van der Waals surface area (Å²) in [6, 6.07) is 11.6. The smallest absolute Gasteiger partial charge is 0.293 e. The van der Waals surface area contributed by atoms with Crippen molar-refractivity contribution in [1.29, 1.82) is 0 Å². The molecule has 0 atom stereocenters. The van der Waals surface area contributed by atoms with Crippen LogP contribution in [0.2, 0.25) is 0 Å². The zero-order valence-electron chi connectivity index (χ0n) is 17.8. The Bertz CT molecular complexity index is 1290. The summed E-state index contributed by atoms with van der Waals surface area (Å²) in [5.74, 6) is 0.707. The van der Waals surface area contributed by atoms with Gasteiger partial charge in [-0.3, -0.25) is 4.79 Å². The number of benzene rings is 1. The molecule has 0 fully saturated rings. The number of allylic oxidation sites excluding steroid dienone is 1. The van der Waals surface area contributed by atoms with Crippen molar-refractivity contribution in [3.8, 4) is 5.82 Å². The van der Waals surface area contributed by atoms with Crippen molar-refractivity contribution < 1.29 is 13.8 Å².